The molecule has 2 fully saturated rings. The van der Waals surface area contributed by atoms with Crippen molar-refractivity contribution >= 4 is 5.69 Å². The van der Waals surface area contributed by atoms with E-state index in [9.17, 15) is 8.78 Å². The molecular formula is C21H27F2N3O. The third kappa shape index (κ3) is 4.33. The van der Waals surface area contributed by atoms with Gasteiger partial charge in [0.1, 0.15) is 5.76 Å². The van der Waals surface area contributed by atoms with Crippen LogP contribution in [-0.2, 0) is 0 Å². The minimum atomic E-state index is -0.791. The van der Waals surface area contributed by atoms with Crippen molar-refractivity contribution in [1.82, 2.24) is 10.2 Å². The minimum absolute atomic E-state index is 0.284. The molecule has 0 radical (unpaired) electrons. The van der Waals surface area contributed by atoms with Crippen molar-refractivity contribution in [2.75, 3.05) is 37.6 Å². The van der Waals surface area contributed by atoms with Gasteiger partial charge in [0.05, 0.1) is 12.3 Å². The number of furan rings is 1. The van der Waals surface area contributed by atoms with Crippen LogP contribution >= 0.6 is 0 Å². The Bertz CT molecular complexity index is 723. The van der Waals surface area contributed by atoms with E-state index in [2.05, 4.69) is 21.2 Å². The molecule has 2 aromatic rings. The summed E-state index contributed by atoms with van der Waals surface area (Å²) in [6.07, 6.45) is 6.24. The van der Waals surface area contributed by atoms with Crippen molar-refractivity contribution < 1.29 is 13.2 Å². The first kappa shape index (κ1) is 18.4. The van der Waals surface area contributed by atoms with Crippen LogP contribution in [0.15, 0.2) is 41.0 Å². The molecule has 27 heavy (non-hydrogen) atoms. The van der Waals surface area contributed by atoms with Gasteiger partial charge in [-0.3, -0.25) is 4.90 Å². The largest absolute Gasteiger partial charge is 0.468 e. The number of anilines is 1. The highest BCUT2D eigenvalue weighted by molar-refractivity contribution is 5.47. The number of nitrogens with zero attached hydrogens (tertiary/aromatic N) is 2. The van der Waals surface area contributed by atoms with E-state index < -0.39 is 11.6 Å². The normalized spacial score (nSPS) is 20.3. The van der Waals surface area contributed by atoms with Crippen molar-refractivity contribution in [2.24, 2.45) is 0 Å². The number of piperidine rings is 1. The Morgan fingerprint density at radius 3 is 2.48 bits per heavy atom. The van der Waals surface area contributed by atoms with Crippen LogP contribution in [0.2, 0.25) is 0 Å². The summed E-state index contributed by atoms with van der Waals surface area (Å²) in [5, 5.41) is 3.72. The first-order valence-corrected chi connectivity index (χ1v) is 9.91. The zero-order chi connectivity index (χ0) is 18.6. The predicted molar refractivity (Wildman–Crippen MR) is 102 cm³/mol. The van der Waals surface area contributed by atoms with Crippen molar-refractivity contribution in [3.05, 3.63) is 54.0 Å². The van der Waals surface area contributed by atoms with Crippen LogP contribution in [0.1, 0.15) is 37.5 Å². The van der Waals surface area contributed by atoms with Crippen LogP contribution in [0.4, 0.5) is 14.5 Å². The average molecular weight is 375 g/mol. The number of likely N-dealkylation sites (tertiary alicyclic amines) is 1. The van der Waals surface area contributed by atoms with Crippen molar-refractivity contribution in [3.63, 3.8) is 0 Å². The Morgan fingerprint density at radius 1 is 1.04 bits per heavy atom. The number of halogens is 2. The fraction of sp³-hybridized carbons (Fsp3) is 0.524. The Balaban J connectivity index is 1.31. The van der Waals surface area contributed by atoms with Crippen LogP contribution < -0.4 is 10.2 Å². The summed E-state index contributed by atoms with van der Waals surface area (Å²) >= 11 is 0. The summed E-state index contributed by atoms with van der Waals surface area (Å²) in [6.45, 7) is 4.82. The van der Waals surface area contributed by atoms with E-state index in [1.807, 2.05) is 6.07 Å². The highest BCUT2D eigenvalue weighted by Gasteiger charge is 2.27. The van der Waals surface area contributed by atoms with Gasteiger partial charge in [-0.2, -0.15) is 0 Å². The lowest BCUT2D eigenvalue weighted by Gasteiger charge is -2.35. The monoisotopic (exact) mass is 375 g/mol. The van der Waals surface area contributed by atoms with Crippen molar-refractivity contribution in [1.29, 1.82) is 0 Å². The highest BCUT2D eigenvalue weighted by Crippen LogP contribution is 2.26. The van der Waals surface area contributed by atoms with E-state index in [-0.39, 0.29) is 6.04 Å². The van der Waals surface area contributed by atoms with Gasteiger partial charge in [0.15, 0.2) is 11.6 Å². The molecule has 2 saturated heterocycles. The number of benzene rings is 1. The topological polar surface area (TPSA) is 31.6 Å². The second-order valence-corrected chi connectivity index (χ2v) is 7.54. The van der Waals surface area contributed by atoms with Gasteiger partial charge in [-0.25, -0.2) is 8.78 Å². The number of hydrogen-bond donors (Lipinski definition) is 1. The number of hydrogen-bond acceptors (Lipinski definition) is 4. The van der Waals surface area contributed by atoms with Gasteiger partial charge in [-0.05, 0) is 63.0 Å². The fourth-order valence-corrected chi connectivity index (χ4v) is 4.25. The molecule has 1 atom stereocenters. The third-order valence-electron chi connectivity index (χ3n) is 5.82. The van der Waals surface area contributed by atoms with E-state index in [0.29, 0.717) is 6.04 Å². The van der Waals surface area contributed by atoms with E-state index in [4.69, 9.17) is 4.42 Å². The Hall–Kier alpha value is -1.92. The molecule has 4 rings (SSSR count). The first-order chi connectivity index (χ1) is 13.2. The van der Waals surface area contributed by atoms with Crippen LogP contribution in [0.25, 0.3) is 0 Å². The fourth-order valence-electron chi connectivity index (χ4n) is 4.25. The molecule has 0 spiro atoms. The van der Waals surface area contributed by atoms with Gasteiger partial charge >= 0.3 is 0 Å². The summed E-state index contributed by atoms with van der Waals surface area (Å²) in [4.78, 5) is 4.63. The molecule has 2 aliphatic heterocycles. The molecule has 2 aliphatic rings. The maximum atomic E-state index is 13.5. The SMILES string of the molecule is Fc1ccc(N2CCC(NCC(c3ccco3)N3CCCC3)CC2)cc1F. The predicted octanol–water partition coefficient (Wildman–Crippen LogP) is 3.95. The summed E-state index contributed by atoms with van der Waals surface area (Å²) in [5.74, 6) is -0.538. The molecule has 0 amide bonds. The molecule has 6 heteroatoms. The van der Waals surface area contributed by atoms with Crippen LogP contribution in [0.5, 0.6) is 0 Å². The van der Waals surface area contributed by atoms with E-state index >= 15 is 0 Å². The highest BCUT2D eigenvalue weighted by atomic mass is 19.2. The van der Waals surface area contributed by atoms with Gasteiger partial charge in [-0.1, -0.05) is 0 Å². The van der Waals surface area contributed by atoms with Gasteiger partial charge in [0, 0.05) is 37.4 Å². The molecule has 0 saturated carbocycles. The van der Waals surface area contributed by atoms with Gasteiger partial charge in [0.2, 0.25) is 0 Å². The second-order valence-electron chi connectivity index (χ2n) is 7.54. The number of nitrogens with one attached hydrogen (secondary N) is 1. The maximum Gasteiger partial charge on any atom is 0.160 e. The molecule has 3 heterocycles. The Morgan fingerprint density at radius 2 is 1.81 bits per heavy atom. The van der Waals surface area contributed by atoms with Crippen LogP contribution in [0, 0.1) is 11.6 Å². The maximum absolute atomic E-state index is 13.5. The Labute approximate surface area is 159 Å². The molecule has 0 aliphatic carbocycles. The lowest BCUT2D eigenvalue weighted by atomic mass is 10.0. The zero-order valence-corrected chi connectivity index (χ0v) is 15.5. The smallest absolute Gasteiger partial charge is 0.160 e. The van der Waals surface area contributed by atoms with Gasteiger partial charge < -0.3 is 14.6 Å². The van der Waals surface area contributed by atoms with Crippen molar-refractivity contribution in [2.45, 2.75) is 37.8 Å². The summed E-state index contributed by atoms with van der Waals surface area (Å²) in [5.41, 5.74) is 0.762. The molecular weight excluding hydrogens is 348 g/mol. The summed E-state index contributed by atoms with van der Waals surface area (Å²) in [7, 11) is 0. The number of rotatable bonds is 6. The molecule has 1 aromatic carbocycles. The van der Waals surface area contributed by atoms with Crippen LogP contribution in [-0.4, -0.2) is 43.7 Å². The van der Waals surface area contributed by atoms with Crippen molar-refractivity contribution in [3.8, 4) is 0 Å². The van der Waals surface area contributed by atoms with Gasteiger partial charge in [0.25, 0.3) is 0 Å². The third-order valence-corrected chi connectivity index (χ3v) is 5.82. The van der Waals surface area contributed by atoms with E-state index in [1.165, 1.54) is 25.0 Å². The second kappa shape index (κ2) is 8.40. The molecule has 1 aromatic heterocycles. The molecule has 1 unspecified atom stereocenters. The average Bonchev–Trinajstić information content (AvgIpc) is 3.39. The first-order valence-electron chi connectivity index (χ1n) is 9.91. The molecule has 146 valence electrons. The standard InChI is InChI=1S/C21H27F2N3O/c22-18-6-5-17(14-19(18)23)25-11-7-16(8-12-25)24-15-20(21-4-3-13-27-21)26-9-1-2-10-26/h3-6,13-14,16,20,24H,1-2,7-12,15H2. The lowest BCUT2D eigenvalue weighted by molar-refractivity contribution is 0.201. The quantitative estimate of drug-likeness (QED) is 0.828. The summed E-state index contributed by atoms with van der Waals surface area (Å²) in [6, 6.07) is 8.91. The van der Waals surface area contributed by atoms with E-state index in [1.54, 1.807) is 12.3 Å². The minimum Gasteiger partial charge on any atom is -0.468 e. The molecule has 0 bridgehead atoms. The Kier molecular flexibility index (Phi) is 5.74. The van der Waals surface area contributed by atoms with Gasteiger partial charge in [-0.15, -0.1) is 0 Å². The molecule has 4 nitrogen and oxygen atoms in total. The van der Waals surface area contributed by atoms with Crippen LogP contribution in [0.3, 0.4) is 0 Å². The zero-order valence-electron chi connectivity index (χ0n) is 15.5. The summed E-state index contributed by atoms with van der Waals surface area (Å²) < 4.78 is 32.3. The van der Waals surface area contributed by atoms with E-state index in [0.717, 1.165) is 57.0 Å². The molecule has 1 N–H and O–H groups in total. The lowest BCUT2D eigenvalue weighted by Crippen LogP contribution is -2.45.